The molecule has 2 unspecified atom stereocenters. The maximum absolute atomic E-state index is 12.4. The number of ketones is 2. The maximum atomic E-state index is 12.4. The number of hydrogen-bond acceptors (Lipinski definition) is 5. The Bertz CT molecular complexity index is 1160. The molecule has 2 aliphatic carbocycles. The van der Waals surface area contributed by atoms with E-state index in [1.54, 1.807) is 0 Å². The van der Waals surface area contributed by atoms with Crippen molar-refractivity contribution in [3.63, 3.8) is 0 Å². The average Bonchev–Trinajstić information content (AvgIpc) is 3.39. The Hall–Kier alpha value is -1.70. The Morgan fingerprint density at radius 3 is 2.36 bits per heavy atom. The van der Waals surface area contributed by atoms with Gasteiger partial charge < -0.3 is 4.55 Å². The van der Waals surface area contributed by atoms with Gasteiger partial charge in [0.2, 0.25) is 5.78 Å². The highest BCUT2D eigenvalue weighted by molar-refractivity contribution is 7.97. The average molecular weight is 489 g/mol. The lowest BCUT2D eigenvalue weighted by molar-refractivity contribution is -0.128. The van der Waals surface area contributed by atoms with Gasteiger partial charge in [0.25, 0.3) is 0 Å². The quantitative estimate of drug-likeness (QED) is 0.354. The van der Waals surface area contributed by atoms with Crippen LogP contribution in [0.5, 0.6) is 0 Å². The highest BCUT2D eigenvalue weighted by atomic mass is 32.2. The molecule has 3 fully saturated rings. The normalized spacial score (nSPS) is 26.4. The summed E-state index contributed by atoms with van der Waals surface area (Å²) in [5.41, 5.74) is -0.313. The largest absolute Gasteiger partial charge is 0.748 e. The van der Waals surface area contributed by atoms with E-state index in [1.165, 1.54) is 24.3 Å². The van der Waals surface area contributed by atoms with Gasteiger partial charge in [-0.15, -0.1) is 0 Å². The zero-order chi connectivity index (χ0) is 23.9. The molecule has 5 rings (SSSR count). The van der Waals surface area contributed by atoms with Crippen LogP contribution in [0.25, 0.3) is 10.8 Å². The molecule has 0 radical (unpaired) electrons. The molecule has 3 aliphatic rings. The summed E-state index contributed by atoms with van der Waals surface area (Å²) in [5, 5.41) is 2.27. The molecule has 1 saturated heterocycles. The molecule has 0 N–H and O–H groups in total. The molecule has 7 heteroatoms. The van der Waals surface area contributed by atoms with Gasteiger partial charge in [0.05, 0.1) is 15.9 Å². The van der Waals surface area contributed by atoms with E-state index < -0.39 is 21.3 Å². The van der Waals surface area contributed by atoms with Gasteiger partial charge >= 0.3 is 0 Å². The van der Waals surface area contributed by atoms with Gasteiger partial charge in [0.15, 0.2) is 5.75 Å². The highest BCUT2D eigenvalue weighted by Gasteiger charge is 2.64. The number of fused-ring (bicyclic) bond motifs is 3. The van der Waals surface area contributed by atoms with E-state index in [-0.39, 0.29) is 17.1 Å². The van der Waals surface area contributed by atoms with Gasteiger partial charge in [-0.25, -0.2) is 8.42 Å². The van der Waals surface area contributed by atoms with E-state index in [9.17, 15) is 22.6 Å². The van der Waals surface area contributed by atoms with Crippen molar-refractivity contribution in [3.8, 4) is 0 Å². The first-order chi connectivity index (χ1) is 15.5. The van der Waals surface area contributed by atoms with E-state index in [0.29, 0.717) is 29.5 Å². The molecule has 0 amide bonds. The Balaban J connectivity index is 0.000000160. The fourth-order valence-electron chi connectivity index (χ4n) is 6.00. The molecule has 5 nitrogen and oxygen atoms in total. The number of carbonyl (C=O) groups excluding carboxylic acids is 2. The minimum Gasteiger partial charge on any atom is -0.748 e. The highest BCUT2D eigenvalue weighted by Crippen LogP contribution is 2.64. The number of Topliss-reactive ketones (excluding diaryl/α,β-unsaturated/α-hetero) is 2. The number of carbonyl (C=O) groups is 2. The molecule has 178 valence electrons. The summed E-state index contributed by atoms with van der Waals surface area (Å²) in [6, 6.07) is 14.2. The lowest BCUT2D eigenvalue weighted by Crippen LogP contribution is -2.42. The summed E-state index contributed by atoms with van der Waals surface area (Å²) in [7, 11) is -3.98. The van der Waals surface area contributed by atoms with Crippen LogP contribution in [0.3, 0.4) is 0 Å². The van der Waals surface area contributed by atoms with Crippen LogP contribution in [0.2, 0.25) is 0 Å². The second-order valence-electron chi connectivity index (χ2n) is 10.2. The van der Waals surface area contributed by atoms with Crippen LogP contribution in [0.4, 0.5) is 0 Å². The molecular formula is C26H32O5S2. The second-order valence-corrected chi connectivity index (χ2v) is 13.9. The molecule has 2 saturated carbocycles. The zero-order valence-electron chi connectivity index (χ0n) is 19.3. The fraction of sp³-hybridized carbons (Fsp3) is 0.538. The molecule has 0 spiro atoms. The van der Waals surface area contributed by atoms with Crippen molar-refractivity contribution < 1.29 is 22.6 Å². The van der Waals surface area contributed by atoms with Crippen molar-refractivity contribution in [1.29, 1.82) is 0 Å². The lowest BCUT2D eigenvalue weighted by Gasteiger charge is -2.37. The topological polar surface area (TPSA) is 91.3 Å². The molecule has 2 aromatic rings. The van der Waals surface area contributed by atoms with Crippen LogP contribution in [0.1, 0.15) is 56.3 Å². The van der Waals surface area contributed by atoms with E-state index in [2.05, 4.69) is 18.2 Å². The summed E-state index contributed by atoms with van der Waals surface area (Å²) in [6.07, 6.45) is 4.50. The van der Waals surface area contributed by atoms with Crippen LogP contribution >= 0.6 is 0 Å². The standard InChI is InChI=1S/C16H17OS.C10H16O4S/c17-16(12-18-10-3-4-11-18)15-9-5-7-13-6-1-2-8-14(13)15;1-9(2)7-3-4-10(9,8(11)5-7)6-15(12,13)14/h1-2,5-9H,3-4,10-12H2;7H,3-6H2,1-2H3,(H,12,13,14)/q+1;/p-1. The minimum atomic E-state index is -4.33. The molecule has 2 aromatic carbocycles. The Kier molecular flexibility index (Phi) is 6.78. The maximum Gasteiger partial charge on any atom is 0.212 e. The summed E-state index contributed by atoms with van der Waals surface area (Å²) >= 11 is 0. The van der Waals surface area contributed by atoms with Crippen molar-refractivity contribution in [1.82, 2.24) is 0 Å². The smallest absolute Gasteiger partial charge is 0.212 e. The van der Waals surface area contributed by atoms with Crippen molar-refractivity contribution >= 4 is 43.4 Å². The first-order valence-electron chi connectivity index (χ1n) is 11.7. The molecule has 2 bridgehead atoms. The van der Waals surface area contributed by atoms with Gasteiger partial charge in [-0.05, 0) is 58.7 Å². The van der Waals surface area contributed by atoms with Crippen molar-refractivity contribution in [3.05, 3.63) is 48.0 Å². The van der Waals surface area contributed by atoms with Crippen LogP contribution in [0.15, 0.2) is 42.5 Å². The Labute approximate surface area is 199 Å². The first kappa shape index (κ1) is 24.4. The zero-order valence-corrected chi connectivity index (χ0v) is 21.0. The fourth-order valence-corrected chi connectivity index (χ4v) is 9.53. The lowest BCUT2D eigenvalue weighted by atomic mass is 9.70. The predicted octanol–water partition coefficient (Wildman–Crippen LogP) is 4.36. The van der Waals surface area contributed by atoms with Crippen molar-refractivity contribution in [2.24, 2.45) is 16.7 Å². The number of benzene rings is 2. The van der Waals surface area contributed by atoms with E-state index in [1.807, 2.05) is 38.1 Å². The molecule has 2 atom stereocenters. The van der Waals surface area contributed by atoms with Gasteiger partial charge in [0.1, 0.15) is 17.3 Å². The molecule has 1 heterocycles. The van der Waals surface area contributed by atoms with E-state index in [4.69, 9.17) is 0 Å². The Morgan fingerprint density at radius 1 is 1.09 bits per heavy atom. The number of hydrogen-bond donors (Lipinski definition) is 0. The van der Waals surface area contributed by atoms with Gasteiger partial charge in [-0.3, -0.25) is 9.59 Å². The summed E-state index contributed by atoms with van der Waals surface area (Å²) in [4.78, 5) is 24.3. The first-order valence-corrected chi connectivity index (χ1v) is 15.0. The SMILES string of the molecule is CC1(C)C2CCC1(CS(=O)(=O)[O-])C(=O)C2.O=C(C[S+]1CCCC1)c1cccc2ccccc12. The molecule has 1 aliphatic heterocycles. The predicted molar refractivity (Wildman–Crippen MR) is 133 cm³/mol. The third-order valence-electron chi connectivity index (χ3n) is 8.10. The van der Waals surface area contributed by atoms with Crippen LogP contribution in [-0.4, -0.2) is 47.5 Å². The third kappa shape index (κ3) is 4.77. The van der Waals surface area contributed by atoms with Crippen molar-refractivity contribution in [2.45, 2.75) is 46.0 Å². The Morgan fingerprint density at radius 2 is 1.76 bits per heavy atom. The van der Waals surface area contributed by atoms with E-state index in [0.717, 1.165) is 28.5 Å². The minimum absolute atomic E-state index is 0.0248. The molecular weight excluding hydrogens is 456 g/mol. The van der Waals surface area contributed by atoms with Crippen LogP contribution < -0.4 is 0 Å². The van der Waals surface area contributed by atoms with Crippen LogP contribution in [0, 0.1) is 16.7 Å². The molecule has 33 heavy (non-hydrogen) atoms. The summed E-state index contributed by atoms with van der Waals surface area (Å²) in [6.45, 7) is 3.83. The molecule has 0 aromatic heterocycles. The second kappa shape index (κ2) is 9.16. The third-order valence-corrected chi connectivity index (χ3v) is 11.4. The van der Waals surface area contributed by atoms with Gasteiger partial charge in [-0.1, -0.05) is 56.3 Å². The summed E-state index contributed by atoms with van der Waals surface area (Å²) < 4.78 is 32.7. The number of rotatable bonds is 5. The van der Waals surface area contributed by atoms with Gasteiger partial charge in [-0.2, -0.15) is 0 Å². The van der Waals surface area contributed by atoms with Crippen molar-refractivity contribution in [2.75, 3.05) is 23.0 Å². The monoisotopic (exact) mass is 488 g/mol. The van der Waals surface area contributed by atoms with Gasteiger partial charge in [0, 0.05) is 17.4 Å². The van der Waals surface area contributed by atoms with E-state index >= 15 is 0 Å². The summed E-state index contributed by atoms with van der Waals surface area (Å²) in [5.74, 6) is 3.33. The van der Waals surface area contributed by atoms with Crippen LogP contribution in [-0.2, 0) is 25.8 Å².